The van der Waals surface area contributed by atoms with Crippen LogP contribution in [0.4, 0.5) is 0 Å². The smallest absolute Gasteiger partial charge is 0.0725 e. The quantitative estimate of drug-likeness (QED) is 0.601. The van der Waals surface area contributed by atoms with Gasteiger partial charge in [0.1, 0.15) is 0 Å². The molecule has 2 N–H and O–H groups in total. The average molecular weight is 129 g/mol. The van der Waals surface area contributed by atoms with Crippen molar-refractivity contribution in [3.8, 4) is 0 Å². The normalized spacial score (nSPS) is 35.3. The van der Waals surface area contributed by atoms with Gasteiger partial charge >= 0.3 is 0 Å². The lowest BCUT2D eigenvalue weighted by atomic mass is 10.2. The van der Waals surface area contributed by atoms with Gasteiger partial charge in [0.15, 0.2) is 0 Å². The van der Waals surface area contributed by atoms with Gasteiger partial charge in [-0.05, 0) is 26.2 Å². The second kappa shape index (κ2) is 3.18. The van der Waals surface area contributed by atoms with E-state index in [2.05, 4.69) is 0 Å². The van der Waals surface area contributed by atoms with Crippen molar-refractivity contribution >= 4 is 0 Å². The first-order valence-electron chi connectivity index (χ1n) is 3.71. The Morgan fingerprint density at radius 1 is 1.56 bits per heavy atom. The second-order valence-electron chi connectivity index (χ2n) is 2.59. The lowest BCUT2D eigenvalue weighted by molar-refractivity contribution is 0.0576. The van der Waals surface area contributed by atoms with Crippen LogP contribution in [0.1, 0.15) is 26.2 Å². The Morgan fingerprint density at radius 2 is 2.33 bits per heavy atom. The number of rotatable bonds is 2. The van der Waals surface area contributed by atoms with Crippen molar-refractivity contribution in [1.29, 1.82) is 0 Å². The van der Waals surface area contributed by atoms with E-state index in [0.29, 0.717) is 12.1 Å². The van der Waals surface area contributed by atoms with Crippen LogP contribution >= 0.6 is 0 Å². The van der Waals surface area contributed by atoms with E-state index in [4.69, 9.17) is 10.5 Å². The average Bonchev–Trinajstić information content (AvgIpc) is 2.18. The minimum atomic E-state index is 0.310. The van der Waals surface area contributed by atoms with E-state index in [0.717, 1.165) is 19.4 Å². The van der Waals surface area contributed by atoms with Crippen LogP contribution < -0.4 is 5.73 Å². The Kier molecular flexibility index (Phi) is 2.49. The Morgan fingerprint density at radius 3 is 2.78 bits per heavy atom. The molecule has 54 valence electrons. The van der Waals surface area contributed by atoms with Gasteiger partial charge in [0.05, 0.1) is 6.10 Å². The first-order chi connectivity index (χ1) is 4.34. The van der Waals surface area contributed by atoms with E-state index in [1.807, 2.05) is 6.92 Å². The number of ether oxygens (including phenoxy) is 1. The van der Waals surface area contributed by atoms with E-state index < -0.39 is 0 Å². The van der Waals surface area contributed by atoms with Crippen molar-refractivity contribution in [1.82, 2.24) is 0 Å². The fourth-order valence-corrected chi connectivity index (χ4v) is 1.38. The van der Waals surface area contributed by atoms with E-state index in [9.17, 15) is 0 Å². The van der Waals surface area contributed by atoms with Crippen molar-refractivity contribution < 1.29 is 4.74 Å². The minimum absolute atomic E-state index is 0.310. The third kappa shape index (κ3) is 1.66. The summed E-state index contributed by atoms with van der Waals surface area (Å²) in [5.41, 5.74) is 5.74. The fourth-order valence-electron chi connectivity index (χ4n) is 1.38. The fraction of sp³-hybridized carbons (Fsp3) is 1.00. The molecule has 2 nitrogen and oxygen atoms in total. The molecule has 1 rings (SSSR count). The van der Waals surface area contributed by atoms with Crippen LogP contribution in [0.2, 0.25) is 0 Å². The highest BCUT2D eigenvalue weighted by atomic mass is 16.5. The largest absolute Gasteiger partial charge is 0.377 e. The van der Waals surface area contributed by atoms with Gasteiger partial charge in [0, 0.05) is 12.6 Å². The van der Waals surface area contributed by atoms with Crippen LogP contribution in [0.3, 0.4) is 0 Å². The summed E-state index contributed by atoms with van der Waals surface area (Å²) in [4.78, 5) is 0. The number of hydrogen-bond donors (Lipinski definition) is 1. The minimum Gasteiger partial charge on any atom is -0.377 e. The van der Waals surface area contributed by atoms with Gasteiger partial charge in [-0.1, -0.05) is 0 Å². The summed E-state index contributed by atoms with van der Waals surface area (Å²) in [5, 5.41) is 0. The van der Waals surface area contributed by atoms with Gasteiger partial charge < -0.3 is 10.5 Å². The monoisotopic (exact) mass is 129 g/mol. The van der Waals surface area contributed by atoms with Crippen LogP contribution in [0.5, 0.6) is 0 Å². The molecule has 0 aromatic heterocycles. The molecule has 0 bridgehead atoms. The lowest BCUT2D eigenvalue weighted by Gasteiger charge is -2.14. The molecule has 1 unspecified atom stereocenters. The second-order valence-corrected chi connectivity index (χ2v) is 2.59. The van der Waals surface area contributed by atoms with Gasteiger partial charge in [-0.15, -0.1) is 0 Å². The first-order valence-corrected chi connectivity index (χ1v) is 3.71. The summed E-state index contributed by atoms with van der Waals surface area (Å²) in [6.07, 6.45) is 3.90. The molecule has 0 aliphatic heterocycles. The SMILES string of the molecule is CCO[C@H]1CCCC1N. The molecule has 1 fully saturated rings. The topological polar surface area (TPSA) is 35.2 Å². The Hall–Kier alpha value is -0.0800. The zero-order valence-electron chi connectivity index (χ0n) is 5.97. The maximum atomic E-state index is 5.74. The van der Waals surface area contributed by atoms with Crippen molar-refractivity contribution in [3.05, 3.63) is 0 Å². The lowest BCUT2D eigenvalue weighted by Crippen LogP contribution is -2.31. The van der Waals surface area contributed by atoms with Gasteiger partial charge in [-0.25, -0.2) is 0 Å². The standard InChI is InChI=1S/C7H15NO/c1-2-9-7-5-3-4-6(7)8/h6-7H,2-5,8H2,1H3/t6?,7-/m0/s1. The van der Waals surface area contributed by atoms with Crippen LogP contribution in [0.15, 0.2) is 0 Å². The van der Waals surface area contributed by atoms with Crippen molar-refractivity contribution in [3.63, 3.8) is 0 Å². The summed E-state index contributed by atoms with van der Waals surface area (Å²) in [6.45, 7) is 2.82. The Balaban J connectivity index is 2.22. The Bertz CT molecular complexity index is 85.0. The molecule has 0 radical (unpaired) electrons. The zero-order valence-corrected chi connectivity index (χ0v) is 5.97. The van der Waals surface area contributed by atoms with Crippen molar-refractivity contribution in [2.75, 3.05) is 6.61 Å². The molecule has 1 saturated carbocycles. The molecule has 0 aromatic carbocycles. The summed E-state index contributed by atoms with van der Waals surface area (Å²) < 4.78 is 5.39. The molecule has 1 aliphatic rings. The van der Waals surface area contributed by atoms with Crippen LogP contribution in [0.25, 0.3) is 0 Å². The molecule has 0 saturated heterocycles. The molecule has 2 heteroatoms. The van der Waals surface area contributed by atoms with Crippen LogP contribution in [0, 0.1) is 0 Å². The van der Waals surface area contributed by atoms with E-state index in [-0.39, 0.29) is 0 Å². The number of nitrogens with two attached hydrogens (primary N) is 1. The van der Waals surface area contributed by atoms with Crippen molar-refractivity contribution in [2.24, 2.45) is 5.73 Å². The maximum absolute atomic E-state index is 5.74. The highest BCUT2D eigenvalue weighted by Gasteiger charge is 2.23. The molecule has 0 heterocycles. The molecular weight excluding hydrogens is 114 g/mol. The van der Waals surface area contributed by atoms with E-state index in [1.54, 1.807) is 0 Å². The molecule has 2 atom stereocenters. The molecular formula is C7H15NO. The highest BCUT2D eigenvalue weighted by molar-refractivity contribution is 4.80. The highest BCUT2D eigenvalue weighted by Crippen LogP contribution is 2.19. The number of hydrogen-bond acceptors (Lipinski definition) is 2. The van der Waals surface area contributed by atoms with Gasteiger partial charge in [-0.3, -0.25) is 0 Å². The predicted octanol–water partition coefficient (Wildman–Crippen LogP) is 0.903. The van der Waals surface area contributed by atoms with Gasteiger partial charge in [0.2, 0.25) is 0 Å². The Labute approximate surface area is 56.4 Å². The molecule has 1 aliphatic carbocycles. The third-order valence-electron chi connectivity index (χ3n) is 1.88. The van der Waals surface area contributed by atoms with E-state index in [1.165, 1.54) is 6.42 Å². The maximum Gasteiger partial charge on any atom is 0.0725 e. The predicted molar refractivity (Wildman–Crippen MR) is 37.2 cm³/mol. The molecule has 0 spiro atoms. The summed E-state index contributed by atoms with van der Waals surface area (Å²) in [6, 6.07) is 0.310. The van der Waals surface area contributed by atoms with Crippen molar-refractivity contribution in [2.45, 2.75) is 38.3 Å². The summed E-state index contributed by atoms with van der Waals surface area (Å²) in [7, 11) is 0. The zero-order chi connectivity index (χ0) is 6.69. The van der Waals surface area contributed by atoms with E-state index >= 15 is 0 Å². The van der Waals surface area contributed by atoms with Gasteiger partial charge in [0.25, 0.3) is 0 Å². The van der Waals surface area contributed by atoms with Crippen LogP contribution in [-0.4, -0.2) is 18.8 Å². The summed E-state index contributed by atoms with van der Waals surface area (Å²) in [5.74, 6) is 0. The molecule has 9 heavy (non-hydrogen) atoms. The van der Waals surface area contributed by atoms with Gasteiger partial charge in [-0.2, -0.15) is 0 Å². The molecule has 0 amide bonds. The molecule has 0 aromatic rings. The summed E-state index contributed by atoms with van der Waals surface area (Å²) >= 11 is 0. The first kappa shape index (κ1) is 7.03. The third-order valence-corrected chi connectivity index (χ3v) is 1.88. The van der Waals surface area contributed by atoms with Crippen LogP contribution in [-0.2, 0) is 4.74 Å².